The number of rotatable bonds is 8. The maximum absolute atomic E-state index is 11.0. The summed E-state index contributed by atoms with van der Waals surface area (Å²) in [7, 11) is 0. The van der Waals surface area contributed by atoms with Gasteiger partial charge in [-0.15, -0.1) is 0 Å². The summed E-state index contributed by atoms with van der Waals surface area (Å²) in [4.78, 5) is 21.2. The average Bonchev–Trinajstić information content (AvgIpc) is 2.20. The van der Waals surface area contributed by atoms with Gasteiger partial charge in [0.1, 0.15) is 6.54 Å². The van der Waals surface area contributed by atoms with Gasteiger partial charge in [0.2, 0.25) is 5.91 Å². The summed E-state index contributed by atoms with van der Waals surface area (Å²) < 4.78 is 0. The van der Waals surface area contributed by atoms with E-state index in [1.807, 2.05) is 13.0 Å². The largest absolute Gasteiger partial charge is 0.480 e. The van der Waals surface area contributed by atoms with Gasteiger partial charge in [-0.2, -0.15) is 0 Å². The summed E-state index contributed by atoms with van der Waals surface area (Å²) >= 11 is 0. The number of aliphatic carboxylic acids is 1. The van der Waals surface area contributed by atoms with Crippen LogP contribution in [-0.2, 0) is 9.59 Å². The minimum atomic E-state index is -1.00. The first-order valence-electron chi connectivity index (χ1n) is 5.26. The number of nitrogens with one attached hydrogen (secondary N) is 1. The van der Waals surface area contributed by atoms with E-state index in [1.165, 1.54) is 0 Å². The van der Waals surface area contributed by atoms with Crippen LogP contribution in [0.1, 0.15) is 39.0 Å². The Labute approximate surface area is 90.4 Å². The molecule has 0 bridgehead atoms. The Bertz CT molecular complexity index is 224. The fraction of sp³-hybridized carbons (Fsp3) is 0.636. The number of hydrogen-bond donors (Lipinski definition) is 2. The number of carbonyl (C=O) groups excluding carboxylic acids is 1. The molecule has 0 saturated heterocycles. The van der Waals surface area contributed by atoms with E-state index in [2.05, 4.69) is 11.4 Å². The average molecular weight is 213 g/mol. The molecule has 0 aliphatic heterocycles. The van der Waals surface area contributed by atoms with Gasteiger partial charge in [0, 0.05) is 6.42 Å². The number of carboxylic acid groups (broad SMARTS) is 1. The first-order chi connectivity index (χ1) is 7.16. The summed E-state index contributed by atoms with van der Waals surface area (Å²) in [6, 6.07) is 0. The molecule has 0 aliphatic carbocycles. The minimum Gasteiger partial charge on any atom is -0.480 e. The Balaban J connectivity index is 3.27. The number of hydrogen-bond acceptors (Lipinski definition) is 2. The highest BCUT2D eigenvalue weighted by Gasteiger charge is 2.02. The van der Waals surface area contributed by atoms with E-state index in [0.717, 1.165) is 25.7 Å². The fourth-order valence-corrected chi connectivity index (χ4v) is 1.15. The lowest BCUT2D eigenvalue weighted by Crippen LogP contribution is -2.28. The number of amides is 1. The van der Waals surface area contributed by atoms with Crippen LogP contribution < -0.4 is 5.32 Å². The number of carbonyl (C=O) groups is 2. The summed E-state index contributed by atoms with van der Waals surface area (Å²) in [5, 5.41) is 10.6. The molecule has 4 nitrogen and oxygen atoms in total. The molecule has 15 heavy (non-hydrogen) atoms. The highest BCUT2D eigenvalue weighted by Crippen LogP contribution is 2.03. The standard InChI is InChI=1S/C11H19NO3/c1-2-3-4-5-6-7-8-10(13)12-9-11(14)15/h2-3H,4-9H2,1H3,(H,12,13)(H,14,15)/b3-2+. The van der Waals surface area contributed by atoms with Gasteiger partial charge in [-0.3, -0.25) is 9.59 Å². The molecule has 0 aliphatic rings. The second-order valence-electron chi connectivity index (χ2n) is 3.34. The number of unbranched alkanes of at least 4 members (excludes halogenated alkanes) is 3. The molecule has 2 N–H and O–H groups in total. The van der Waals surface area contributed by atoms with E-state index in [9.17, 15) is 9.59 Å². The van der Waals surface area contributed by atoms with Crippen molar-refractivity contribution < 1.29 is 14.7 Å². The molecule has 1 amide bonds. The quantitative estimate of drug-likeness (QED) is 0.476. The lowest BCUT2D eigenvalue weighted by molar-refractivity contribution is -0.137. The predicted molar refractivity (Wildman–Crippen MR) is 58.5 cm³/mol. The summed E-state index contributed by atoms with van der Waals surface area (Å²) in [5.74, 6) is -1.18. The molecule has 0 spiro atoms. The molecular weight excluding hydrogens is 194 g/mol. The Kier molecular flexibility index (Phi) is 8.43. The van der Waals surface area contributed by atoms with E-state index >= 15 is 0 Å². The van der Waals surface area contributed by atoms with Gasteiger partial charge >= 0.3 is 5.97 Å². The SMILES string of the molecule is C/C=C/CCCCCC(=O)NCC(=O)O. The third-order valence-corrected chi connectivity index (χ3v) is 1.95. The molecule has 0 unspecified atom stereocenters. The minimum absolute atomic E-state index is 0.177. The highest BCUT2D eigenvalue weighted by molar-refractivity contribution is 5.80. The van der Waals surface area contributed by atoms with Crippen molar-refractivity contribution >= 4 is 11.9 Å². The zero-order valence-corrected chi connectivity index (χ0v) is 9.16. The Morgan fingerprint density at radius 3 is 2.60 bits per heavy atom. The lowest BCUT2D eigenvalue weighted by atomic mass is 10.1. The van der Waals surface area contributed by atoms with Crippen molar-refractivity contribution in [3.05, 3.63) is 12.2 Å². The Morgan fingerprint density at radius 1 is 1.27 bits per heavy atom. The van der Waals surface area contributed by atoms with Crippen LogP contribution in [-0.4, -0.2) is 23.5 Å². The molecule has 0 atom stereocenters. The summed E-state index contributed by atoms with van der Waals surface area (Å²) in [6.07, 6.45) is 8.49. The highest BCUT2D eigenvalue weighted by atomic mass is 16.4. The van der Waals surface area contributed by atoms with E-state index < -0.39 is 5.97 Å². The first kappa shape index (κ1) is 13.7. The molecule has 0 aromatic carbocycles. The van der Waals surface area contributed by atoms with Gasteiger partial charge in [0.25, 0.3) is 0 Å². The maximum Gasteiger partial charge on any atom is 0.322 e. The molecule has 0 radical (unpaired) electrons. The van der Waals surface area contributed by atoms with Crippen LogP contribution >= 0.6 is 0 Å². The molecule has 4 heteroatoms. The molecule has 0 heterocycles. The molecule has 0 saturated carbocycles. The van der Waals surface area contributed by atoms with Gasteiger partial charge in [-0.05, 0) is 26.2 Å². The van der Waals surface area contributed by atoms with Crippen LogP contribution in [0.2, 0.25) is 0 Å². The van der Waals surface area contributed by atoms with Crippen molar-refractivity contribution in [1.29, 1.82) is 0 Å². The van der Waals surface area contributed by atoms with E-state index in [0.29, 0.717) is 6.42 Å². The van der Waals surface area contributed by atoms with Gasteiger partial charge in [-0.1, -0.05) is 18.6 Å². The number of allylic oxidation sites excluding steroid dienone is 2. The van der Waals surface area contributed by atoms with Gasteiger partial charge in [0.15, 0.2) is 0 Å². The normalized spacial score (nSPS) is 10.5. The topological polar surface area (TPSA) is 66.4 Å². The molecule has 86 valence electrons. The van der Waals surface area contributed by atoms with Crippen molar-refractivity contribution in [2.75, 3.05) is 6.54 Å². The first-order valence-corrected chi connectivity index (χ1v) is 5.26. The third-order valence-electron chi connectivity index (χ3n) is 1.95. The number of carboxylic acids is 1. The second kappa shape index (κ2) is 9.24. The molecular formula is C11H19NO3. The smallest absolute Gasteiger partial charge is 0.322 e. The van der Waals surface area contributed by atoms with Crippen LogP contribution in [0.25, 0.3) is 0 Å². The second-order valence-corrected chi connectivity index (χ2v) is 3.34. The van der Waals surface area contributed by atoms with Crippen LogP contribution in [0.4, 0.5) is 0 Å². The third kappa shape index (κ3) is 10.6. The van der Waals surface area contributed by atoms with Gasteiger partial charge < -0.3 is 10.4 Å². The van der Waals surface area contributed by atoms with Crippen LogP contribution in [0.3, 0.4) is 0 Å². The molecule has 0 rings (SSSR count). The fourth-order valence-electron chi connectivity index (χ4n) is 1.15. The van der Waals surface area contributed by atoms with Gasteiger partial charge in [-0.25, -0.2) is 0 Å². The van der Waals surface area contributed by atoms with Gasteiger partial charge in [0.05, 0.1) is 0 Å². The van der Waals surface area contributed by atoms with Crippen LogP contribution in [0, 0.1) is 0 Å². The van der Waals surface area contributed by atoms with Crippen molar-refractivity contribution in [2.45, 2.75) is 39.0 Å². The van der Waals surface area contributed by atoms with Crippen LogP contribution in [0.15, 0.2) is 12.2 Å². The summed E-state index contributed by atoms with van der Waals surface area (Å²) in [6.45, 7) is 1.71. The zero-order chi connectivity index (χ0) is 11.5. The monoisotopic (exact) mass is 213 g/mol. The van der Waals surface area contributed by atoms with E-state index in [-0.39, 0.29) is 12.5 Å². The zero-order valence-electron chi connectivity index (χ0n) is 9.16. The molecule has 0 aromatic rings. The molecule has 0 aromatic heterocycles. The molecule has 0 fully saturated rings. The maximum atomic E-state index is 11.0. The Hall–Kier alpha value is -1.32. The van der Waals surface area contributed by atoms with E-state index in [4.69, 9.17) is 5.11 Å². The van der Waals surface area contributed by atoms with Crippen molar-refractivity contribution in [3.8, 4) is 0 Å². The van der Waals surface area contributed by atoms with Crippen molar-refractivity contribution in [2.24, 2.45) is 0 Å². The van der Waals surface area contributed by atoms with Crippen molar-refractivity contribution in [1.82, 2.24) is 5.32 Å². The van der Waals surface area contributed by atoms with Crippen molar-refractivity contribution in [3.63, 3.8) is 0 Å². The summed E-state index contributed by atoms with van der Waals surface area (Å²) in [5.41, 5.74) is 0. The predicted octanol–water partition coefficient (Wildman–Crippen LogP) is 1.71. The Morgan fingerprint density at radius 2 is 2.00 bits per heavy atom. The van der Waals surface area contributed by atoms with Crippen LogP contribution in [0.5, 0.6) is 0 Å². The van der Waals surface area contributed by atoms with E-state index in [1.54, 1.807) is 0 Å². The lowest BCUT2D eigenvalue weighted by Gasteiger charge is -2.01.